The molecule has 1 aromatic heterocycles. The van der Waals surface area contributed by atoms with Crippen molar-refractivity contribution >= 4 is 17.6 Å². The molecule has 1 aliphatic heterocycles. The topological polar surface area (TPSA) is 88.3 Å². The molecule has 1 unspecified atom stereocenters. The number of nitrogens with zero attached hydrogens (tertiary/aromatic N) is 2. The molecule has 1 aliphatic rings. The Morgan fingerprint density at radius 2 is 2.29 bits per heavy atom. The molecule has 2 heterocycles. The monoisotopic (exact) mass is 290 g/mol. The fourth-order valence-corrected chi connectivity index (χ4v) is 2.69. The maximum absolute atomic E-state index is 11.7. The Kier molecular flexibility index (Phi) is 5.14. The number of nitrogens with one attached hydrogen (secondary N) is 1. The van der Waals surface area contributed by atoms with Crippen LogP contribution in [0, 0.1) is 5.92 Å². The molecule has 6 heteroatoms. The third-order valence-electron chi connectivity index (χ3n) is 3.68. The summed E-state index contributed by atoms with van der Waals surface area (Å²) in [7, 11) is 0. The third-order valence-corrected chi connectivity index (χ3v) is 3.68. The summed E-state index contributed by atoms with van der Waals surface area (Å²) in [5.74, 6) is 0.779. The van der Waals surface area contributed by atoms with E-state index in [-0.39, 0.29) is 11.8 Å². The van der Waals surface area contributed by atoms with Crippen LogP contribution < -0.4 is 16.0 Å². The van der Waals surface area contributed by atoms with Crippen LogP contribution in [0.15, 0.2) is 18.3 Å². The van der Waals surface area contributed by atoms with Crippen LogP contribution >= 0.6 is 0 Å². The minimum atomic E-state index is -0.249. The molecule has 1 fully saturated rings. The van der Waals surface area contributed by atoms with Gasteiger partial charge in [-0.15, -0.1) is 0 Å². The molecule has 1 atom stereocenters. The van der Waals surface area contributed by atoms with Crippen molar-refractivity contribution in [3.63, 3.8) is 0 Å². The maximum Gasteiger partial charge on any atom is 0.252 e. The highest BCUT2D eigenvalue weighted by Gasteiger charge is 2.22. The van der Waals surface area contributed by atoms with Gasteiger partial charge in [0, 0.05) is 32.3 Å². The molecule has 3 N–H and O–H groups in total. The van der Waals surface area contributed by atoms with Crippen LogP contribution in [0.25, 0.3) is 0 Å². The summed E-state index contributed by atoms with van der Waals surface area (Å²) < 4.78 is 0. The Hall–Kier alpha value is -2.11. The van der Waals surface area contributed by atoms with Gasteiger partial charge >= 0.3 is 0 Å². The lowest BCUT2D eigenvalue weighted by molar-refractivity contribution is -0.118. The van der Waals surface area contributed by atoms with E-state index in [1.165, 1.54) is 0 Å². The molecule has 1 saturated heterocycles. The number of primary amides is 1. The Morgan fingerprint density at radius 3 is 2.90 bits per heavy atom. The number of aromatic nitrogens is 1. The molecule has 0 aliphatic carbocycles. The SMILES string of the molecule is CCNC(=O)c1ccc(N2CCCC(CC(N)=O)C2)nc1. The van der Waals surface area contributed by atoms with Gasteiger partial charge in [0.15, 0.2) is 0 Å². The smallest absolute Gasteiger partial charge is 0.252 e. The highest BCUT2D eigenvalue weighted by atomic mass is 16.2. The predicted molar refractivity (Wildman–Crippen MR) is 81.0 cm³/mol. The van der Waals surface area contributed by atoms with E-state index in [4.69, 9.17) is 5.73 Å². The van der Waals surface area contributed by atoms with Crippen LogP contribution in [0.4, 0.5) is 5.82 Å². The molecule has 114 valence electrons. The van der Waals surface area contributed by atoms with Crippen molar-refractivity contribution in [2.45, 2.75) is 26.2 Å². The van der Waals surface area contributed by atoms with Crippen molar-refractivity contribution in [2.24, 2.45) is 11.7 Å². The van der Waals surface area contributed by atoms with Crippen LogP contribution in [0.5, 0.6) is 0 Å². The first-order chi connectivity index (χ1) is 10.1. The molecular formula is C15H22N4O2. The molecule has 2 rings (SSSR count). The minimum Gasteiger partial charge on any atom is -0.370 e. The summed E-state index contributed by atoms with van der Waals surface area (Å²) in [6.45, 7) is 4.19. The van der Waals surface area contributed by atoms with Crippen LogP contribution in [-0.2, 0) is 4.79 Å². The molecule has 21 heavy (non-hydrogen) atoms. The van der Waals surface area contributed by atoms with Crippen LogP contribution in [-0.4, -0.2) is 36.4 Å². The number of hydrogen-bond donors (Lipinski definition) is 2. The first-order valence-corrected chi connectivity index (χ1v) is 7.37. The molecule has 6 nitrogen and oxygen atoms in total. The van der Waals surface area contributed by atoms with Crippen LogP contribution in [0.3, 0.4) is 0 Å². The van der Waals surface area contributed by atoms with Crippen molar-refractivity contribution in [1.82, 2.24) is 10.3 Å². The van der Waals surface area contributed by atoms with Crippen molar-refractivity contribution in [3.8, 4) is 0 Å². The fraction of sp³-hybridized carbons (Fsp3) is 0.533. The van der Waals surface area contributed by atoms with Gasteiger partial charge in [0.05, 0.1) is 5.56 Å². The van der Waals surface area contributed by atoms with Gasteiger partial charge in [-0.25, -0.2) is 4.98 Å². The number of rotatable bonds is 5. The van der Waals surface area contributed by atoms with Crippen LogP contribution in [0.1, 0.15) is 36.5 Å². The van der Waals surface area contributed by atoms with Gasteiger partial charge in [0.1, 0.15) is 5.82 Å². The van der Waals surface area contributed by atoms with Gasteiger partial charge in [-0.3, -0.25) is 9.59 Å². The lowest BCUT2D eigenvalue weighted by Gasteiger charge is -2.33. The van der Waals surface area contributed by atoms with E-state index in [1.807, 2.05) is 13.0 Å². The summed E-state index contributed by atoms with van der Waals surface area (Å²) >= 11 is 0. The van der Waals surface area contributed by atoms with E-state index >= 15 is 0 Å². The number of carbonyl (C=O) groups is 2. The van der Waals surface area contributed by atoms with Crippen molar-refractivity contribution in [1.29, 1.82) is 0 Å². The largest absolute Gasteiger partial charge is 0.370 e. The Morgan fingerprint density at radius 1 is 1.48 bits per heavy atom. The normalized spacial score (nSPS) is 18.3. The minimum absolute atomic E-state index is 0.109. The standard InChI is InChI=1S/C15H22N4O2/c1-2-17-15(21)12-5-6-14(18-9-12)19-7-3-4-11(10-19)8-13(16)20/h5-6,9,11H,2-4,7-8,10H2,1H3,(H2,16,20)(H,17,21). The summed E-state index contributed by atoms with van der Waals surface area (Å²) in [6.07, 6.45) is 4.07. The van der Waals surface area contributed by atoms with E-state index in [9.17, 15) is 9.59 Å². The quantitative estimate of drug-likeness (QED) is 0.844. The second-order valence-electron chi connectivity index (χ2n) is 5.39. The molecule has 2 amide bonds. The molecular weight excluding hydrogens is 268 g/mol. The van der Waals surface area contributed by atoms with E-state index < -0.39 is 0 Å². The highest BCUT2D eigenvalue weighted by molar-refractivity contribution is 5.94. The van der Waals surface area contributed by atoms with Crippen molar-refractivity contribution < 1.29 is 9.59 Å². The Labute approximate surface area is 124 Å². The number of amides is 2. The van der Waals surface area contributed by atoms with E-state index in [1.54, 1.807) is 12.3 Å². The molecule has 0 aromatic carbocycles. The number of carbonyl (C=O) groups excluding carboxylic acids is 2. The lowest BCUT2D eigenvalue weighted by Crippen LogP contribution is -2.37. The lowest BCUT2D eigenvalue weighted by atomic mass is 9.94. The second-order valence-corrected chi connectivity index (χ2v) is 5.39. The van der Waals surface area contributed by atoms with Gasteiger partial charge < -0.3 is 16.0 Å². The van der Waals surface area contributed by atoms with Gasteiger partial charge in [-0.05, 0) is 37.8 Å². The average Bonchev–Trinajstić information content (AvgIpc) is 2.47. The van der Waals surface area contributed by atoms with Gasteiger partial charge in [-0.1, -0.05) is 0 Å². The van der Waals surface area contributed by atoms with E-state index in [0.717, 1.165) is 31.7 Å². The molecule has 1 aromatic rings. The number of hydrogen-bond acceptors (Lipinski definition) is 4. The van der Waals surface area contributed by atoms with Crippen molar-refractivity contribution in [2.75, 3.05) is 24.5 Å². The summed E-state index contributed by atoms with van der Waals surface area (Å²) in [6, 6.07) is 3.64. The van der Waals surface area contributed by atoms with Gasteiger partial charge in [0.2, 0.25) is 5.91 Å². The zero-order chi connectivity index (χ0) is 15.2. The Bertz CT molecular complexity index is 501. The summed E-state index contributed by atoms with van der Waals surface area (Å²) in [5.41, 5.74) is 5.83. The molecule has 0 spiro atoms. The second kappa shape index (κ2) is 7.06. The van der Waals surface area contributed by atoms with Crippen molar-refractivity contribution in [3.05, 3.63) is 23.9 Å². The number of pyridine rings is 1. The molecule has 0 bridgehead atoms. The van der Waals surface area contributed by atoms with Gasteiger partial charge in [-0.2, -0.15) is 0 Å². The predicted octanol–water partition coefficient (Wildman–Crippen LogP) is 0.923. The number of piperidine rings is 1. The summed E-state index contributed by atoms with van der Waals surface area (Å²) in [5, 5.41) is 2.75. The van der Waals surface area contributed by atoms with E-state index in [2.05, 4.69) is 15.2 Å². The zero-order valence-corrected chi connectivity index (χ0v) is 12.3. The highest BCUT2D eigenvalue weighted by Crippen LogP contribution is 2.23. The molecule has 0 radical (unpaired) electrons. The first-order valence-electron chi connectivity index (χ1n) is 7.37. The molecule has 0 saturated carbocycles. The number of anilines is 1. The zero-order valence-electron chi connectivity index (χ0n) is 12.3. The van der Waals surface area contributed by atoms with E-state index in [0.29, 0.717) is 24.4 Å². The number of nitrogens with two attached hydrogens (primary N) is 1. The average molecular weight is 290 g/mol. The fourth-order valence-electron chi connectivity index (χ4n) is 2.69. The van der Waals surface area contributed by atoms with Crippen LogP contribution in [0.2, 0.25) is 0 Å². The first kappa shape index (κ1) is 15.3. The summed E-state index contributed by atoms with van der Waals surface area (Å²) in [4.78, 5) is 29.2. The maximum atomic E-state index is 11.7. The Balaban J connectivity index is 2.01. The van der Waals surface area contributed by atoms with Gasteiger partial charge in [0.25, 0.3) is 5.91 Å². The third kappa shape index (κ3) is 4.18.